The molecule has 6 nitrogen and oxygen atoms in total. The molecule has 22 heavy (non-hydrogen) atoms. The van der Waals surface area contributed by atoms with Crippen LogP contribution in [0.1, 0.15) is 12.0 Å². The van der Waals surface area contributed by atoms with Crippen LogP contribution in [0.5, 0.6) is 5.75 Å². The van der Waals surface area contributed by atoms with Crippen LogP contribution >= 0.6 is 0 Å². The molecule has 0 saturated carbocycles. The Bertz CT molecular complexity index is 637. The number of carbonyl (C=O) groups is 3. The van der Waals surface area contributed by atoms with Crippen LogP contribution in [0.2, 0.25) is 0 Å². The number of rotatable bonds is 6. The molecule has 1 aromatic rings. The van der Waals surface area contributed by atoms with Gasteiger partial charge in [0.25, 0.3) is 0 Å². The summed E-state index contributed by atoms with van der Waals surface area (Å²) in [6.45, 7) is 3.49. The first kappa shape index (κ1) is 16.9. The number of ether oxygens (including phenoxy) is 1. The number of esters is 2. The maximum absolute atomic E-state index is 11.5. The third-order valence-corrected chi connectivity index (χ3v) is 2.41. The van der Waals surface area contributed by atoms with Gasteiger partial charge < -0.3 is 14.9 Å². The van der Waals surface area contributed by atoms with E-state index in [-0.39, 0.29) is 17.7 Å². The number of allylic oxidation sites excluding steroid dienone is 1. The van der Waals surface area contributed by atoms with E-state index in [0.717, 1.165) is 5.56 Å². The van der Waals surface area contributed by atoms with Gasteiger partial charge >= 0.3 is 17.9 Å². The highest BCUT2D eigenvalue weighted by atomic mass is 16.6. The van der Waals surface area contributed by atoms with Gasteiger partial charge in [0.2, 0.25) is 0 Å². The second-order valence-electron chi connectivity index (χ2n) is 4.18. The van der Waals surface area contributed by atoms with Crippen LogP contribution in [-0.4, -0.2) is 28.1 Å². The van der Waals surface area contributed by atoms with E-state index in [9.17, 15) is 14.4 Å². The Balaban J connectivity index is 2.47. The van der Waals surface area contributed by atoms with Crippen molar-refractivity contribution >= 4 is 24.0 Å². The van der Waals surface area contributed by atoms with Gasteiger partial charge in [0.05, 0.1) is 0 Å². The molecule has 0 spiro atoms. The Kier molecular flexibility index (Phi) is 6.31. The van der Waals surface area contributed by atoms with Crippen LogP contribution in [0, 0.1) is 0 Å². The molecule has 0 aliphatic carbocycles. The van der Waals surface area contributed by atoms with E-state index >= 15 is 0 Å². The average Bonchev–Trinajstić information content (AvgIpc) is 2.47. The Hall–Kier alpha value is -3.15. The van der Waals surface area contributed by atoms with Crippen molar-refractivity contribution < 1.29 is 29.3 Å². The minimum atomic E-state index is -1.32. The lowest BCUT2D eigenvalue weighted by molar-refractivity contribution is -0.153. The highest BCUT2D eigenvalue weighted by Crippen LogP contribution is 2.12. The van der Waals surface area contributed by atoms with E-state index < -0.39 is 17.9 Å². The fourth-order valence-corrected chi connectivity index (χ4v) is 1.34. The molecule has 1 aromatic carbocycles. The lowest BCUT2D eigenvalue weighted by Gasteiger charge is -2.01. The van der Waals surface area contributed by atoms with Crippen molar-refractivity contribution in [3.05, 3.63) is 60.2 Å². The smallest absolute Gasteiger partial charge is 0.341 e. The van der Waals surface area contributed by atoms with Crippen molar-refractivity contribution in [3.8, 4) is 5.75 Å². The zero-order chi connectivity index (χ0) is 16.5. The molecule has 1 rings (SSSR count). The van der Waals surface area contributed by atoms with Crippen LogP contribution in [0.4, 0.5) is 0 Å². The SMILES string of the molecule is C=C(CC=Cc1ccc(O)cc1)C(=O)OC(=O)/C=C\C(=O)O. The van der Waals surface area contributed by atoms with Gasteiger partial charge in [0, 0.05) is 17.7 Å². The first-order valence-corrected chi connectivity index (χ1v) is 6.19. The first-order chi connectivity index (χ1) is 10.4. The zero-order valence-corrected chi connectivity index (χ0v) is 11.6. The summed E-state index contributed by atoms with van der Waals surface area (Å²) in [6.07, 6.45) is 4.73. The van der Waals surface area contributed by atoms with Crippen molar-refractivity contribution in [1.29, 1.82) is 0 Å². The highest BCUT2D eigenvalue weighted by Gasteiger charge is 2.11. The Morgan fingerprint density at radius 1 is 1.14 bits per heavy atom. The fourth-order valence-electron chi connectivity index (χ4n) is 1.34. The number of carboxylic acids is 1. The number of phenolic OH excluding ortho intramolecular Hbond substituents is 1. The van der Waals surface area contributed by atoms with Gasteiger partial charge in [-0.1, -0.05) is 30.9 Å². The number of phenols is 1. The molecule has 0 bridgehead atoms. The van der Waals surface area contributed by atoms with Crippen LogP contribution < -0.4 is 0 Å². The number of aliphatic carboxylic acids is 1. The molecule has 0 atom stereocenters. The number of benzene rings is 1. The van der Waals surface area contributed by atoms with Crippen molar-refractivity contribution in [2.45, 2.75) is 6.42 Å². The van der Waals surface area contributed by atoms with Crippen LogP contribution in [0.3, 0.4) is 0 Å². The van der Waals surface area contributed by atoms with E-state index in [1.165, 1.54) is 12.1 Å². The number of hydrogen-bond acceptors (Lipinski definition) is 5. The molecular formula is C16H14O6. The quantitative estimate of drug-likeness (QED) is 0.474. The van der Waals surface area contributed by atoms with Crippen molar-refractivity contribution in [2.24, 2.45) is 0 Å². The second kappa shape index (κ2) is 8.21. The van der Waals surface area contributed by atoms with Gasteiger partial charge in [0.15, 0.2) is 0 Å². The van der Waals surface area contributed by atoms with Crippen LogP contribution in [-0.2, 0) is 19.1 Å². The van der Waals surface area contributed by atoms with Gasteiger partial charge in [-0.05, 0) is 24.1 Å². The normalized spacial score (nSPS) is 10.7. The lowest BCUT2D eigenvalue weighted by atomic mass is 10.1. The first-order valence-electron chi connectivity index (χ1n) is 6.19. The minimum Gasteiger partial charge on any atom is -0.508 e. The fraction of sp³-hybridized carbons (Fsp3) is 0.0625. The Morgan fingerprint density at radius 3 is 2.36 bits per heavy atom. The molecule has 0 amide bonds. The summed E-state index contributed by atoms with van der Waals surface area (Å²) in [5.41, 5.74) is 0.867. The van der Waals surface area contributed by atoms with E-state index in [4.69, 9.17) is 10.2 Å². The Morgan fingerprint density at radius 2 is 1.77 bits per heavy atom. The molecule has 0 aromatic heterocycles. The van der Waals surface area contributed by atoms with Crippen LogP contribution in [0.15, 0.2) is 54.6 Å². The molecule has 114 valence electrons. The summed E-state index contributed by atoms with van der Waals surface area (Å²) in [5, 5.41) is 17.5. The molecule has 6 heteroatoms. The molecule has 0 radical (unpaired) electrons. The summed E-state index contributed by atoms with van der Waals surface area (Å²) < 4.78 is 4.39. The molecule has 0 unspecified atom stereocenters. The van der Waals surface area contributed by atoms with Gasteiger partial charge in [-0.15, -0.1) is 0 Å². The predicted molar refractivity (Wildman–Crippen MR) is 78.8 cm³/mol. The van der Waals surface area contributed by atoms with Gasteiger partial charge in [-0.3, -0.25) is 0 Å². The Labute approximate surface area is 126 Å². The van der Waals surface area contributed by atoms with Crippen molar-refractivity contribution in [3.63, 3.8) is 0 Å². The molecule has 0 aliphatic heterocycles. The molecule has 0 fully saturated rings. The summed E-state index contributed by atoms with van der Waals surface area (Å²) in [4.78, 5) is 32.8. The van der Waals surface area contributed by atoms with Gasteiger partial charge in [-0.25, -0.2) is 14.4 Å². The highest BCUT2D eigenvalue weighted by molar-refractivity contribution is 6.01. The van der Waals surface area contributed by atoms with Crippen molar-refractivity contribution in [1.82, 2.24) is 0 Å². The molecule has 0 saturated heterocycles. The number of hydrogen-bond donors (Lipinski definition) is 2. The molecule has 0 heterocycles. The standard InChI is InChI=1S/C16H14O6/c1-11(16(21)22-15(20)10-9-14(18)19)3-2-4-12-5-7-13(17)8-6-12/h2,4-10,17H,1,3H2,(H,18,19)/b4-2?,10-9-. The van der Waals surface area contributed by atoms with Crippen LogP contribution in [0.25, 0.3) is 6.08 Å². The van der Waals surface area contributed by atoms with Gasteiger partial charge in [-0.2, -0.15) is 0 Å². The number of carboxylic acid groups (broad SMARTS) is 1. The van der Waals surface area contributed by atoms with E-state index in [0.29, 0.717) is 12.2 Å². The topological polar surface area (TPSA) is 101 Å². The third kappa shape index (κ3) is 6.33. The zero-order valence-electron chi connectivity index (χ0n) is 11.6. The second-order valence-corrected chi connectivity index (χ2v) is 4.18. The maximum Gasteiger partial charge on any atom is 0.341 e. The monoisotopic (exact) mass is 302 g/mol. The molecule has 0 aliphatic rings. The minimum absolute atomic E-state index is 0.0482. The summed E-state index contributed by atoms with van der Waals surface area (Å²) in [5.74, 6) is -3.16. The number of carbonyl (C=O) groups excluding carboxylic acids is 2. The third-order valence-electron chi connectivity index (χ3n) is 2.41. The van der Waals surface area contributed by atoms with Crippen molar-refractivity contribution in [2.75, 3.05) is 0 Å². The lowest BCUT2D eigenvalue weighted by Crippen LogP contribution is -2.12. The molecular weight excluding hydrogens is 288 g/mol. The van der Waals surface area contributed by atoms with Gasteiger partial charge in [0.1, 0.15) is 5.75 Å². The largest absolute Gasteiger partial charge is 0.508 e. The van der Waals surface area contributed by atoms with E-state index in [1.807, 2.05) is 0 Å². The maximum atomic E-state index is 11.5. The van der Waals surface area contributed by atoms with E-state index in [1.54, 1.807) is 24.3 Å². The number of aromatic hydroxyl groups is 1. The summed E-state index contributed by atoms with van der Waals surface area (Å²) in [6, 6.07) is 6.42. The summed E-state index contributed by atoms with van der Waals surface area (Å²) >= 11 is 0. The predicted octanol–water partition coefficient (Wildman–Crippen LogP) is 2.06. The molecule has 2 N–H and O–H groups in total. The average molecular weight is 302 g/mol. The summed E-state index contributed by atoms with van der Waals surface area (Å²) in [7, 11) is 0. The van der Waals surface area contributed by atoms with E-state index in [2.05, 4.69) is 11.3 Å².